The maximum atomic E-state index is 11.6. The second-order valence-corrected chi connectivity index (χ2v) is 6.23. The molecule has 1 aromatic carbocycles. The standard InChI is InChI=1S/C12H15BrN4OS/c1-7(2)17-11(18)15-16-12(17)19-9-4-3-8(6-14)10(13)5-9/h3-5,7H,6,14H2,1-2H3,(H,15,18). The fraction of sp³-hybridized carbons (Fsp3) is 0.333. The van der Waals surface area contributed by atoms with Crippen LogP contribution in [-0.2, 0) is 6.54 Å². The predicted octanol–water partition coefficient (Wildman–Crippen LogP) is 2.52. The highest BCUT2D eigenvalue weighted by molar-refractivity contribution is 9.10. The molecule has 0 aliphatic heterocycles. The van der Waals surface area contributed by atoms with Crippen LogP contribution in [0.5, 0.6) is 0 Å². The van der Waals surface area contributed by atoms with Crippen molar-refractivity contribution in [3.05, 3.63) is 38.7 Å². The Labute approximate surface area is 123 Å². The lowest BCUT2D eigenvalue weighted by molar-refractivity contribution is 0.534. The van der Waals surface area contributed by atoms with E-state index in [0.29, 0.717) is 11.7 Å². The molecule has 2 rings (SSSR count). The fourth-order valence-electron chi connectivity index (χ4n) is 1.68. The maximum absolute atomic E-state index is 11.6. The van der Waals surface area contributed by atoms with E-state index in [9.17, 15) is 4.79 Å². The van der Waals surface area contributed by atoms with Crippen LogP contribution in [-0.4, -0.2) is 14.8 Å². The van der Waals surface area contributed by atoms with Crippen molar-refractivity contribution in [2.45, 2.75) is 36.5 Å². The van der Waals surface area contributed by atoms with Gasteiger partial charge in [-0.1, -0.05) is 22.0 Å². The van der Waals surface area contributed by atoms with Crippen molar-refractivity contribution in [3.63, 3.8) is 0 Å². The zero-order valence-electron chi connectivity index (χ0n) is 10.7. The van der Waals surface area contributed by atoms with E-state index >= 15 is 0 Å². The zero-order chi connectivity index (χ0) is 14.0. The van der Waals surface area contributed by atoms with E-state index in [-0.39, 0.29) is 11.7 Å². The third-order valence-corrected chi connectivity index (χ3v) is 4.34. The van der Waals surface area contributed by atoms with Crippen LogP contribution in [0.15, 0.2) is 37.5 Å². The summed E-state index contributed by atoms with van der Waals surface area (Å²) < 4.78 is 2.60. The van der Waals surface area contributed by atoms with E-state index in [1.807, 2.05) is 32.0 Å². The van der Waals surface area contributed by atoms with Gasteiger partial charge in [-0.2, -0.15) is 0 Å². The molecule has 102 valence electrons. The van der Waals surface area contributed by atoms with Crippen molar-refractivity contribution in [1.82, 2.24) is 14.8 Å². The van der Waals surface area contributed by atoms with E-state index in [1.165, 1.54) is 11.8 Å². The minimum atomic E-state index is -0.185. The lowest BCUT2D eigenvalue weighted by Gasteiger charge is -2.09. The summed E-state index contributed by atoms with van der Waals surface area (Å²) in [6.07, 6.45) is 0. The number of benzene rings is 1. The third kappa shape index (κ3) is 3.10. The van der Waals surface area contributed by atoms with Gasteiger partial charge >= 0.3 is 5.69 Å². The van der Waals surface area contributed by atoms with Crippen molar-refractivity contribution in [2.24, 2.45) is 5.73 Å². The van der Waals surface area contributed by atoms with Crippen LogP contribution in [0.1, 0.15) is 25.5 Å². The van der Waals surface area contributed by atoms with Gasteiger partial charge in [-0.3, -0.25) is 4.57 Å². The lowest BCUT2D eigenvalue weighted by atomic mass is 10.2. The normalized spacial score (nSPS) is 11.2. The first-order valence-electron chi connectivity index (χ1n) is 5.86. The summed E-state index contributed by atoms with van der Waals surface area (Å²) in [5, 5.41) is 7.19. The molecule has 0 saturated carbocycles. The molecule has 3 N–H and O–H groups in total. The molecule has 19 heavy (non-hydrogen) atoms. The van der Waals surface area contributed by atoms with Crippen molar-refractivity contribution in [2.75, 3.05) is 0 Å². The number of rotatable bonds is 4. The number of nitrogens with two attached hydrogens (primary N) is 1. The van der Waals surface area contributed by atoms with Gasteiger partial charge in [-0.25, -0.2) is 9.89 Å². The molecule has 7 heteroatoms. The second-order valence-electron chi connectivity index (χ2n) is 4.33. The molecule has 0 saturated heterocycles. The molecule has 0 amide bonds. The summed E-state index contributed by atoms with van der Waals surface area (Å²) in [6.45, 7) is 4.40. The largest absolute Gasteiger partial charge is 0.344 e. The molecule has 0 fully saturated rings. The summed E-state index contributed by atoms with van der Waals surface area (Å²) in [5.74, 6) is 0. The number of aromatic nitrogens is 3. The van der Waals surface area contributed by atoms with Gasteiger partial charge in [0.2, 0.25) is 0 Å². The molecular formula is C12H15BrN4OS. The third-order valence-electron chi connectivity index (χ3n) is 2.64. The van der Waals surface area contributed by atoms with Crippen molar-refractivity contribution < 1.29 is 0 Å². The van der Waals surface area contributed by atoms with Crippen molar-refractivity contribution >= 4 is 27.7 Å². The first-order valence-corrected chi connectivity index (χ1v) is 7.47. The molecule has 1 heterocycles. The number of aromatic amines is 1. The van der Waals surface area contributed by atoms with Gasteiger partial charge in [0.25, 0.3) is 0 Å². The van der Waals surface area contributed by atoms with Crippen LogP contribution in [0.3, 0.4) is 0 Å². The Morgan fingerprint density at radius 2 is 2.26 bits per heavy atom. The Morgan fingerprint density at radius 3 is 2.84 bits per heavy atom. The first-order chi connectivity index (χ1) is 9.02. The van der Waals surface area contributed by atoms with Crippen LogP contribution in [0, 0.1) is 0 Å². The molecule has 0 radical (unpaired) electrons. The first kappa shape index (κ1) is 14.4. The van der Waals surface area contributed by atoms with E-state index < -0.39 is 0 Å². The number of hydrogen-bond donors (Lipinski definition) is 2. The van der Waals surface area contributed by atoms with Crippen LogP contribution in [0.25, 0.3) is 0 Å². The summed E-state index contributed by atoms with van der Waals surface area (Å²) in [4.78, 5) is 12.6. The van der Waals surface area contributed by atoms with Crippen molar-refractivity contribution in [1.29, 1.82) is 0 Å². The summed E-state index contributed by atoms with van der Waals surface area (Å²) in [7, 11) is 0. The molecule has 5 nitrogen and oxygen atoms in total. The summed E-state index contributed by atoms with van der Waals surface area (Å²) in [5.41, 5.74) is 6.48. The molecule has 0 unspecified atom stereocenters. The van der Waals surface area contributed by atoms with Crippen LogP contribution in [0.2, 0.25) is 0 Å². The molecule has 0 aliphatic rings. The van der Waals surface area contributed by atoms with Gasteiger partial charge in [-0.15, -0.1) is 5.10 Å². The molecule has 0 bridgehead atoms. The van der Waals surface area contributed by atoms with Gasteiger partial charge in [0.05, 0.1) is 0 Å². The number of hydrogen-bond acceptors (Lipinski definition) is 4. The smallest absolute Gasteiger partial charge is 0.326 e. The average molecular weight is 343 g/mol. The monoisotopic (exact) mass is 342 g/mol. The summed E-state index contributed by atoms with van der Waals surface area (Å²) in [6, 6.07) is 6.00. The summed E-state index contributed by atoms with van der Waals surface area (Å²) >= 11 is 4.93. The van der Waals surface area contributed by atoms with Crippen LogP contribution < -0.4 is 11.4 Å². The number of H-pyrrole nitrogens is 1. The van der Waals surface area contributed by atoms with Gasteiger partial charge < -0.3 is 5.73 Å². The van der Waals surface area contributed by atoms with E-state index in [2.05, 4.69) is 26.1 Å². The van der Waals surface area contributed by atoms with E-state index in [1.54, 1.807) is 4.57 Å². The highest BCUT2D eigenvalue weighted by atomic mass is 79.9. The zero-order valence-corrected chi connectivity index (χ0v) is 13.1. The average Bonchev–Trinajstić information content (AvgIpc) is 2.70. The predicted molar refractivity (Wildman–Crippen MR) is 79.4 cm³/mol. The number of halogens is 1. The number of nitrogens with zero attached hydrogens (tertiary/aromatic N) is 2. The molecule has 2 aromatic rings. The van der Waals surface area contributed by atoms with Gasteiger partial charge in [0, 0.05) is 22.0 Å². The van der Waals surface area contributed by atoms with E-state index in [0.717, 1.165) is 14.9 Å². The van der Waals surface area contributed by atoms with E-state index in [4.69, 9.17) is 5.73 Å². The Hall–Kier alpha value is -1.05. The minimum Gasteiger partial charge on any atom is -0.326 e. The molecule has 0 aliphatic carbocycles. The Morgan fingerprint density at radius 1 is 1.53 bits per heavy atom. The van der Waals surface area contributed by atoms with Crippen LogP contribution >= 0.6 is 27.7 Å². The van der Waals surface area contributed by atoms with Gasteiger partial charge in [0.1, 0.15) is 0 Å². The SMILES string of the molecule is CC(C)n1c(Sc2ccc(CN)c(Br)c2)n[nH]c1=O. The molecule has 0 atom stereocenters. The quantitative estimate of drug-likeness (QED) is 0.894. The minimum absolute atomic E-state index is 0.0699. The van der Waals surface area contributed by atoms with Gasteiger partial charge in [-0.05, 0) is 43.3 Å². The highest BCUT2D eigenvalue weighted by Gasteiger charge is 2.13. The Balaban J connectivity index is 2.31. The molecule has 1 aromatic heterocycles. The Bertz CT molecular complexity index is 635. The van der Waals surface area contributed by atoms with Gasteiger partial charge in [0.15, 0.2) is 5.16 Å². The number of nitrogens with one attached hydrogen (secondary N) is 1. The van der Waals surface area contributed by atoms with Crippen LogP contribution in [0.4, 0.5) is 0 Å². The Kier molecular flexibility index (Phi) is 4.49. The second kappa shape index (κ2) is 5.94. The lowest BCUT2D eigenvalue weighted by Crippen LogP contribution is -2.19. The topological polar surface area (TPSA) is 76.7 Å². The highest BCUT2D eigenvalue weighted by Crippen LogP contribution is 2.30. The van der Waals surface area contributed by atoms with Crippen molar-refractivity contribution in [3.8, 4) is 0 Å². The molecule has 0 spiro atoms. The fourth-order valence-corrected chi connectivity index (χ4v) is 3.38. The molecular weight excluding hydrogens is 328 g/mol. The maximum Gasteiger partial charge on any atom is 0.344 e.